The summed E-state index contributed by atoms with van der Waals surface area (Å²) in [6.07, 6.45) is 28.2. The largest absolute Gasteiger partial charge is 0.481 e. The average molecular weight is 469 g/mol. The fourth-order valence-electron chi connectivity index (χ4n) is 4.45. The number of esters is 1. The zero-order valence-corrected chi connectivity index (χ0v) is 22.2. The van der Waals surface area contributed by atoms with Crippen molar-refractivity contribution < 1.29 is 19.4 Å². The highest BCUT2D eigenvalue weighted by atomic mass is 16.5. The number of rotatable bonds is 26. The second-order valence-corrected chi connectivity index (χ2v) is 9.90. The van der Waals surface area contributed by atoms with E-state index in [0.29, 0.717) is 6.42 Å². The Labute approximate surface area is 205 Å². The van der Waals surface area contributed by atoms with Gasteiger partial charge in [0.05, 0.1) is 0 Å². The molecule has 0 aliphatic rings. The summed E-state index contributed by atoms with van der Waals surface area (Å²) in [5.74, 6) is -0.785. The van der Waals surface area contributed by atoms with Gasteiger partial charge >= 0.3 is 11.9 Å². The monoisotopic (exact) mass is 468 g/mol. The van der Waals surface area contributed by atoms with Gasteiger partial charge in [-0.15, -0.1) is 0 Å². The van der Waals surface area contributed by atoms with Gasteiger partial charge in [-0.05, 0) is 32.1 Å². The van der Waals surface area contributed by atoms with Crippen molar-refractivity contribution in [1.29, 1.82) is 0 Å². The Bertz CT molecular complexity index is 435. The minimum atomic E-state index is -0.704. The molecule has 0 aromatic heterocycles. The first-order valence-corrected chi connectivity index (χ1v) is 14.5. The van der Waals surface area contributed by atoms with Crippen LogP contribution in [0.15, 0.2) is 0 Å². The molecule has 1 atom stereocenters. The third kappa shape index (κ3) is 25.4. The van der Waals surface area contributed by atoms with Crippen LogP contribution in [0, 0.1) is 0 Å². The van der Waals surface area contributed by atoms with Crippen molar-refractivity contribution in [3.05, 3.63) is 0 Å². The van der Waals surface area contributed by atoms with Gasteiger partial charge in [-0.3, -0.25) is 9.59 Å². The summed E-state index contributed by atoms with van der Waals surface area (Å²) in [7, 11) is 0. The minimum Gasteiger partial charge on any atom is -0.481 e. The van der Waals surface area contributed by atoms with Gasteiger partial charge in [-0.1, -0.05) is 123 Å². The molecule has 0 aliphatic carbocycles. The molecule has 0 saturated heterocycles. The molecule has 0 fully saturated rings. The first-order chi connectivity index (χ1) is 16.1. The van der Waals surface area contributed by atoms with Crippen LogP contribution in [0.1, 0.15) is 168 Å². The van der Waals surface area contributed by atoms with Crippen molar-refractivity contribution in [3.63, 3.8) is 0 Å². The predicted octanol–water partition coefficient (Wildman–Crippen LogP) is 9.39. The van der Waals surface area contributed by atoms with Crippen LogP contribution in [0.4, 0.5) is 0 Å². The number of carbonyl (C=O) groups excluding carboxylic acids is 1. The lowest BCUT2D eigenvalue weighted by Gasteiger charge is -2.17. The second-order valence-electron chi connectivity index (χ2n) is 9.90. The van der Waals surface area contributed by atoms with Crippen LogP contribution < -0.4 is 0 Å². The van der Waals surface area contributed by atoms with Gasteiger partial charge in [0.15, 0.2) is 0 Å². The Hall–Kier alpha value is -1.06. The minimum absolute atomic E-state index is 0.0680. The first-order valence-electron chi connectivity index (χ1n) is 14.5. The molecule has 0 aliphatic heterocycles. The van der Waals surface area contributed by atoms with Gasteiger partial charge in [0.1, 0.15) is 6.10 Å². The van der Waals surface area contributed by atoms with Crippen LogP contribution in [0.3, 0.4) is 0 Å². The smallest absolute Gasteiger partial charge is 0.305 e. The maximum absolute atomic E-state index is 11.7. The third-order valence-corrected chi connectivity index (χ3v) is 6.63. The maximum atomic E-state index is 11.7. The Morgan fingerprint density at radius 1 is 0.576 bits per heavy atom. The third-order valence-electron chi connectivity index (χ3n) is 6.63. The molecule has 196 valence electrons. The summed E-state index contributed by atoms with van der Waals surface area (Å²) in [6.45, 7) is 4.13. The van der Waals surface area contributed by atoms with Gasteiger partial charge in [0.2, 0.25) is 0 Å². The van der Waals surface area contributed by atoms with E-state index in [2.05, 4.69) is 6.92 Å². The standard InChI is InChI=1S/C29H56O4/c1-3-5-6-7-8-9-10-11-12-13-14-15-16-18-21-24-27(33-29(32)4-2)25-22-19-17-20-23-26-28(30)31/h27H,3-26H2,1-2H3,(H,30,31). The SMILES string of the molecule is CCCCCCCCCCCCCCCCCC(CCCCCCCC(=O)O)OC(=O)CC. The van der Waals surface area contributed by atoms with Crippen LogP contribution in [0.5, 0.6) is 0 Å². The van der Waals surface area contributed by atoms with Gasteiger partial charge in [-0.2, -0.15) is 0 Å². The lowest BCUT2D eigenvalue weighted by molar-refractivity contribution is -0.149. The normalized spacial score (nSPS) is 12.1. The number of carboxylic acids is 1. The summed E-state index contributed by atoms with van der Waals surface area (Å²) in [5.41, 5.74) is 0. The van der Waals surface area contributed by atoms with E-state index in [9.17, 15) is 9.59 Å². The van der Waals surface area contributed by atoms with Crippen molar-refractivity contribution in [3.8, 4) is 0 Å². The van der Waals surface area contributed by atoms with Crippen molar-refractivity contribution in [2.75, 3.05) is 0 Å². The number of carbonyl (C=O) groups is 2. The van der Waals surface area contributed by atoms with Crippen molar-refractivity contribution in [2.45, 2.75) is 174 Å². The maximum Gasteiger partial charge on any atom is 0.305 e. The van der Waals surface area contributed by atoms with E-state index >= 15 is 0 Å². The molecule has 4 nitrogen and oxygen atoms in total. The molecule has 0 spiro atoms. The Balaban J connectivity index is 3.61. The summed E-state index contributed by atoms with van der Waals surface area (Å²) >= 11 is 0. The first kappa shape index (κ1) is 31.9. The van der Waals surface area contributed by atoms with E-state index in [4.69, 9.17) is 9.84 Å². The molecular formula is C29H56O4. The van der Waals surface area contributed by atoms with Gasteiger partial charge in [-0.25, -0.2) is 0 Å². The Morgan fingerprint density at radius 3 is 1.30 bits per heavy atom. The molecule has 1 unspecified atom stereocenters. The van der Waals surface area contributed by atoms with Crippen LogP contribution in [-0.4, -0.2) is 23.1 Å². The average Bonchev–Trinajstić information content (AvgIpc) is 2.80. The number of aliphatic carboxylic acids is 1. The number of carboxylic acid groups (broad SMARTS) is 1. The molecule has 0 aromatic carbocycles. The highest BCUT2D eigenvalue weighted by Gasteiger charge is 2.13. The molecule has 0 saturated carbocycles. The zero-order valence-electron chi connectivity index (χ0n) is 22.2. The highest BCUT2D eigenvalue weighted by molar-refractivity contribution is 5.69. The van der Waals surface area contributed by atoms with Crippen molar-refractivity contribution >= 4 is 11.9 Å². The van der Waals surface area contributed by atoms with Crippen LogP contribution in [0.25, 0.3) is 0 Å². The van der Waals surface area contributed by atoms with E-state index < -0.39 is 5.97 Å². The van der Waals surface area contributed by atoms with E-state index in [1.54, 1.807) is 0 Å². The number of unbranched alkanes of at least 4 members (excludes halogenated alkanes) is 18. The topological polar surface area (TPSA) is 63.6 Å². The van der Waals surface area contributed by atoms with E-state index in [0.717, 1.165) is 51.4 Å². The second kappa shape index (κ2) is 25.6. The zero-order chi connectivity index (χ0) is 24.4. The predicted molar refractivity (Wildman–Crippen MR) is 140 cm³/mol. The van der Waals surface area contributed by atoms with Gasteiger partial charge in [0.25, 0.3) is 0 Å². The number of ether oxygens (including phenoxy) is 1. The van der Waals surface area contributed by atoms with Crippen LogP contribution in [-0.2, 0) is 14.3 Å². The summed E-state index contributed by atoms with van der Waals surface area (Å²) < 4.78 is 5.66. The molecule has 1 N–H and O–H groups in total. The summed E-state index contributed by atoms with van der Waals surface area (Å²) in [6, 6.07) is 0. The number of hydrogen-bond donors (Lipinski definition) is 1. The molecule has 0 heterocycles. The fraction of sp³-hybridized carbons (Fsp3) is 0.931. The quantitative estimate of drug-likeness (QED) is 0.101. The summed E-state index contributed by atoms with van der Waals surface area (Å²) in [5, 5.41) is 8.68. The van der Waals surface area contributed by atoms with Crippen molar-refractivity contribution in [1.82, 2.24) is 0 Å². The van der Waals surface area contributed by atoms with E-state index in [1.807, 2.05) is 6.92 Å². The molecule has 33 heavy (non-hydrogen) atoms. The van der Waals surface area contributed by atoms with Crippen LogP contribution >= 0.6 is 0 Å². The molecule has 0 amide bonds. The van der Waals surface area contributed by atoms with Crippen LogP contribution in [0.2, 0.25) is 0 Å². The molecule has 0 radical (unpaired) electrons. The molecule has 0 rings (SSSR count). The fourth-order valence-corrected chi connectivity index (χ4v) is 4.45. The molecular weight excluding hydrogens is 412 g/mol. The molecule has 0 aromatic rings. The Kier molecular flexibility index (Phi) is 24.7. The Morgan fingerprint density at radius 2 is 0.939 bits per heavy atom. The summed E-state index contributed by atoms with van der Waals surface area (Å²) in [4.78, 5) is 22.3. The van der Waals surface area contributed by atoms with E-state index in [-0.39, 0.29) is 18.5 Å². The lowest BCUT2D eigenvalue weighted by Crippen LogP contribution is -2.17. The lowest BCUT2D eigenvalue weighted by atomic mass is 10.0. The van der Waals surface area contributed by atoms with E-state index in [1.165, 1.54) is 89.9 Å². The van der Waals surface area contributed by atoms with Gasteiger partial charge in [0, 0.05) is 12.8 Å². The molecule has 0 bridgehead atoms. The number of hydrogen-bond acceptors (Lipinski definition) is 3. The van der Waals surface area contributed by atoms with Crippen molar-refractivity contribution in [2.24, 2.45) is 0 Å². The van der Waals surface area contributed by atoms with Gasteiger partial charge < -0.3 is 9.84 Å². The molecule has 4 heteroatoms. The highest BCUT2D eigenvalue weighted by Crippen LogP contribution is 2.18.